The number of carbonyl (C=O) groups is 4. The monoisotopic (exact) mass is 392 g/mol. The molecule has 0 saturated heterocycles. The largest absolute Gasteiger partial charge is 0.454 e. The predicted octanol–water partition coefficient (Wildman–Crippen LogP) is 2.00. The smallest absolute Gasteiger partial charge is 0.329 e. The Labute approximate surface area is 164 Å². The minimum Gasteiger partial charge on any atom is -0.454 e. The van der Waals surface area contributed by atoms with Crippen LogP contribution in [0, 0.1) is 5.92 Å². The molecule has 0 aliphatic carbocycles. The van der Waals surface area contributed by atoms with Crippen LogP contribution in [-0.2, 0) is 14.3 Å². The highest BCUT2D eigenvalue weighted by Crippen LogP contribution is 2.07. The maximum Gasteiger partial charge on any atom is 0.329 e. The Morgan fingerprint density at radius 3 is 2.18 bits per heavy atom. The average molecular weight is 392 g/mol. The third-order valence-electron chi connectivity index (χ3n) is 3.83. The van der Waals surface area contributed by atoms with Crippen molar-refractivity contribution in [3.05, 3.63) is 30.3 Å². The summed E-state index contributed by atoms with van der Waals surface area (Å²) in [6, 6.07) is 6.48. The summed E-state index contributed by atoms with van der Waals surface area (Å²) in [6.45, 7) is 6.52. The minimum atomic E-state index is -0.953. The number of para-hydroxylation sites is 1. The summed E-state index contributed by atoms with van der Waals surface area (Å²) < 4.78 is 4.94. The second-order valence-electron chi connectivity index (χ2n) is 6.62. The van der Waals surface area contributed by atoms with E-state index in [9.17, 15) is 19.2 Å². The molecule has 9 heteroatoms. The Morgan fingerprint density at radius 2 is 1.61 bits per heavy atom. The highest BCUT2D eigenvalue weighted by Gasteiger charge is 2.26. The number of carbonyl (C=O) groups excluding carboxylic acids is 4. The summed E-state index contributed by atoms with van der Waals surface area (Å²) in [4.78, 5) is 47.6. The van der Waals surface area contributed by atoms with E-state index in [1.807, 2.05) is 13.0 Å². The summed E-state index contributed by atoms with van der Waals surface area (Å²) >= 11 is 0. The first-order valence-corrected chi connectivity index (χ1v) is 9.12. The minimum absolute atomic E-state index is 0.0898. The number of benzene rings is 1. The lowest BCUT2D eigenvalue weighted by atomic mass is 10.1. The van der Waals surface area contributed by atoms with Crippen LogP contribution in [0.4, 0.5) is 15.3 Å². The number of nitrogens with one attached hydrogen (secondary N) is 4. The van der Waals surface area contributed by atoms with Crippen LogP contribution in [0.15, 0.2) is 30.3 Å². The first kappa shape index (κ1) is 22.9. The van der Waals surface area contributed by atoms with Gasteiger partial charge in [-0.25, -0.2) is 14.4 Å². The number of amides is 5. The first-order chi connectivity index (χ1) is 13.2. The maximum atomic E-state index is 12.2. The number of ether oxygens (including phenoxy) is 1. The van der Waals surface area contributed by atoms with Crippen LogP contribution in [0.2, 0.25) is 0 Å². The molecule has 0 bridgehead atoms. The molecule has 0 spiro atoms. The predicted molar refractivity (Wildman–Crippen MR) is 105 cm³/mol. The van der Waals surface area contributed by atoms with Gasteiger partial charge in [0.05, 0.1) is 0 Å². The van der Waals surface area contributed by atoms with Crippen LogP contribution in [-0.4, -0.2) is 42.6 Å². The summed E-state index contributed by atoms with van der Waals surface area (Å²) in [7, 11) is 0. The van der Waals surface area contributed by atoms with Gasteiger partial charge in [-0.15, -0.1) is 0 Å². The summed E-state index contributed by atoms with van der Waals surface area (Å²) in [5.41, 5.74) is 0.572. The molecule has 154 valence electrons. The van der Waals surface area contributed by atoms with Crippen LogP contribution >= 0.6 is 0 Å². The molecule has 0 radical (unpaired) electrons. The fourth-order valence-electron chi connectivity index (χ4n) is 2.08. The van der Waals surface area contributed by atoms with Crippen LogP contribution in [0.1, 0.15) is 34.1 Å². The van der Waals surface area contributed by atoms with E-state index in [0.717, 1.165) is 0 Å². The van der Waals surface area contributed by atoms with Gasteiger partial charge in [0, 0.05) is 11.7 Å². The van der Waals surface area contributed by atoms with Gasteiger partial charge in [-0.3, -0.25) is 10.1 Å². The van der Waals surface area contributed by atoms with Crippen LogP contribution in [0.5, 0.6) is 0 Å². The van der Waals surface area contributed by atoms with Crippen molar-refractivity contribution in [3.8, 4) is 0 Å². The molecule has 9 nitrogen and oxygen atoms in total. The van der Waals surface area contributed by atoms with Crippen molar-refractivity contribution in [2.75, 3.05) is 11.9 Å². The van der Waals surface area contributed by atoms with Gasteiger partial charge < -0.3 is 20.7 Å². The third kappa shape index (κ3) is 8.52. The Morgan fingerprint density at radius 1 is 0.964 bits per heavy atom. The van der Waals surface area contributed by atoms with E-state index in [1.165, 1.54) is 0 Å². The molecule has 2 atom stereocenters. The van der Waals surface area contributed by atoms with Gasteiger partial charge in [-0.1, -0.05) is 39.0 Å². The molecule has 28 heavy (non-hydrogen) atoms. The van der Waals surface area contributed by atoms with Gasteiger partial charge in [0.1, 0.15) is 6.04 Å². The molecular formula is C19H28N4O5. The lowest BCUT2D eigenvalue weighted by molar-refractivity contribution is -0.151. The zero-order valence-electron chi connectivity index (χ0n) is 16.6. The van der Waals surface area contributed by atoms with Gasteiger partial charge in [-0.05, 0) is 31.4 Å². The molecule has 1 aromatic carbocycles. The quantitative estimate of drug-likeness (QED) is 0.504. The topological polar surface area (TPSA) is 126 Å². The van der Waals surface area contributed by atoms with Crippen molar-refractivity contribution in [2.45, 2.75) is 46.2 Å². The number of esters is 1. The molecule has 4 N–H and O–H groups in total. The standard InChI is InChI=1S/C19H28N4O5/c1-5-13(4)20-18(26)22-15(24)11-28-17(25)16(12(2)3)23-19(27)21-14-9-7-6-8-10-14/h6-10,12-13,16H,5,11H2,1-4H3,(H2,21,23,27)(H2,20,22,24,26)/t13-,16+/m0/s1. The van der Waals surface area contributed by atoms with Crippen LogP contribution in [0.25, 0.3) is 0 Å². The fraction of sp³-hybridized carbons (Fsp3) is 0.474. The second-order valence-corrected chi connectivity index (χ2v) is 6.62. The van der Waals surface area contributed by atoms with E-state index in [4.69, 9.17) is 4.74 Å². The highest BCUT2D eigenvalue weighted by molar-refractivity contribution is 5.96. The zero-order valence-corrected chi connectivity index (χ0v) is 16.6. The maximum absolute atomic E-state index is 12.2. The Kier molecular flexibility index (Phi) is 9.49. The molecule has 5 amide bonds. The van der Waals surface area contributed by atoms with Crippen molar-refractivity contribution < 1.29 is 23.9 Å². The number of hydrogen-bond acceptors (Lipinski definition) is 5. The number of hydrogen-bond donors (Lipinski definition) is 4. The number of imide groups is 1. The fourth-order valence-corrected chi connectivity index (χ4v) is 2.08. The van der Waals surface area contributed by atoms with E-state index < -0.39 is 36.6 Å². The van der Waals surface area contributed by atoms with Crippen molar-refractivity contribution in [3.63, 3.8) is 0 Å². The lowest BCUT2D eigenvalue weighted by Gasteiger charge is -2.21. The summed E-state index contributed by atoms with van der Waals surface area (Å²) in [5.74, 6) is -1.80. The molecular weight excluding hydrogens is 364 g/mol. The molecule has 1 aromatic rings. The number of urea groups is 2. The van der Waals surface area contributed by atoms with Gasteiger partial charge in [0.25, 0.3) is 5.91 Å². The normalized spacial score (nSPS) is 12.5. The van der Waals surface area contributed by atoms with E-state index in [-0.39, 0.29) is 12.0 Å². The van der Waals surface area contributed by atoms with Crippen molar-refractivity contribution in [2.24, 2.45) is 5.92 Å². The number of anilines is 1. The molecule has 0 aliphatic heterocycles. The van der Waals surface area contributed by atoms with Crippen LogP contribution < -0.4 is 21.3 Å². The third-order valence-corrected chi connectivity index (χ3v) is 3.83. The highest BCUT2D eigenvalue weighted by atomic mass is 16.5. The second kappa shape index (κ2) is 11.6. The van der Waals surface area contributed by atoms with E-state index >= 15 is 0 Å². The van der Waals surface area contributed by atoms with Crippen molar-refractivity contribution in [1.29, 1.82) is 0 Å². The van der Waals surface area contributed by atoms with Gasteiger partial charge in [0.15, 0.2) is 6.61 Å². The van der Waals surface area contributed by atoms with E-state index in [2.05, 4.69) is 21.3 Å². The van der Waals surface area contributed by atoms with Gasteiger partial charge in [0.2, 0.25) is 0 Å². The summed E-state index contributed by atoms with van der Waals surface area (Å²) in [5, 5.41) is 9.77. The van der Waals surface area contributed by atoms with Crippen molar-refractivity contribution in [1.82, 2.24) is 16.0 Å². The van der Waals surface area contributed by atoms with Gasteiger partial charge >= 0.3 is 18.0 Å². The Hall–Kier alpha value is -3.10. The molecule has 0 aromatic heterocycles. The Bertz CT molecular complexity index is 678. The molecule has 0 unspecified atom stereocenters. The molecule has 1 rings (SSSR count). The molecule has 0 aliphatic rings. The first-order valence-electron chi connectivity index (χ1n) is 9.12. The molecule has 0 saturated carbocycles. The molecule has 0 heterocycles. The van der Waals surface area contributed by atoms with E-state index in [0.29, 0.717) is 12.1 Å². The lowest BCUT2D eigenvalue weighted by Crippen LogP contribution is -2.48. The van der Waals surface area contributed by atoms with Crippen LogP contribution in [0.3, 0.4) is 0 Å². The van der Waals surface area contributed by atoms with Crippen molar-refractivity contribution >= 4 is 29.6 Å². The van der Waals surface area contributed by atoms with E-state index in [1.54, 1.807) is 45.0 Å². The number of rotatable bonds is 8. The average Bonchev–Trinajstić information content (AvgIpc) is 2.64. The Balaban J connectivity index is 2.50. The molecule has 0 fully saturated rings. The SMILES string of the molecule is CC[C@H](C)NC(=O)NC(=O)COC(=O)[C@H](NC(=O)Nc1ccccc1)C(C)C. The van der Waals surface area contributed by atoms with Gasteiger partial charge in [-0.2, -0.15) is 0 Å². The zero-order chi connectivity index (χ0) is 21.1. The summed E-state index contributed by atoms with van der Waals surface area (Å²) in [6.07, 6.45) is 0.712.